The van der Waals surface area contributed by atoms with E-state index >= 15 is 0 Å². The Morgan fingerprint density at radius 3 is 2.56 bits per heavy atom. The molecule has 32 heavy (non-hydrogen) atoms. The predicted molar refractivity (Wildman–Crippen MR) is 125 cm³/mol. The van der Waals surface area contributed by atoms with E-state index in [2.05, 4.69) is 26.5 Å². The lowest BCUT2D eigenvalue weighted by Crippen LogP contribution is -2.17. The van der Waals surface area contributed by atoms with Gasteiger partial charge < -0.3 is 14.6 Å². The first-order valence-corrected chi connectivity index (χ1v) is 10.6. The molecule has 0 spiro atoms. The molecule has 0 aromatic heterocycles. The SMILES string of the molecule is CCOc1cc(/C=N\NC(=O)c2cc(Cl)ccc2O)ccc1OC(=O)c1ccc(Br)cc1. The first kappa shape index (κ1) is 23.3. The van der Waals surface area contributed by atoms with Crippen LogP contribution in [0.5, 0.6) is 17.2 Å². The number of benzene rings is 3. The minimum atomic E-state index is -0.619. The number of carbonyl (C=O) groups is 2. The van der Waals surface area contributed by atoms with Crippen molar-refractivity contribution < 1.29 is 24.2 Å². The lowest BCUT2D eigenvalue weighted by atomic mass is 10.2. The van der Waals surface area contributed by atoms with Gasteiger partial charge in [0.05, 0.1) is 23.9 Å². The van der Waals surface area contributed by atoms with E-state index in [1.165, 1.54) is 24.4 Å². The highest BCUT2D eigenvalue weighted by Crippen LogP contribution is 2.29. The van der Waals surface area contributed by atoms with Crippen LogP contribution in [0.1, 0.15) is 33.2 Å². The van der Waals surface area contributed by atoms with Crippen molar-refractivity contribution in [3.63, 3.8) is 0 Å². The van der Waals surface area contributed by atoms with Gasteiger partial charge in [-0.15, -0.1) is 0 Å². The Morgan fingerprint density at radius 1 is 1.09 bits per heavy atom. The van der Waals surface area contributed by atoms with E-state index in [4.69, 9.17) is 21.1 Å². The number of ether oxygens (including phenoxy) is 2. The van der Waals surface area contributed by atoms with Gasteiger partial charge in [0, 0.05) is 9.50 Å². The highest BCUT2D eigenvalue weighted by atomic mass is 79.9. The zero-order chi connectivity index (χ0) is 23.1. The zero-order valence-corrected chi connectivity index (χ0v) is 19.2. The van der Waals surface area contributed by atoms with E-state index in [1.54, 1.807) is 49.4 Å². The Kier molecular flexibility index (Phi) is 7.86. The standard InChI is InChI=1S/C23H18BrClN2O5/c1-2-31-21-11-14(13-26-27-22(29)18-12-17(25)8-9-19(18)28)3-10-20(21)32-23(30)15-4-6-16(24)7-5-15/h3-13,28H,2H2,1H3,(H,27,29)/b26-13-. The number of hydrogen-bond acceptors (Lipinski definition) is 6. The van der Waals surface area contributed by atoms with Crippen molar-refractivity contribution in [1.82, 2.24) is 5.43 Å². The Labute approximate surface area is 197 Å². The molecule has 164 valence electrons. The molecular formula is C23H18BrClN2O5. The van der Waals surface area contributed by atoms with Crippen LogP contribution in [0.15, 0.2) is 70.2 Å². The van der Waals surface area contributed by atoms with Crippen molar-refractivity contribution in [2.45, 2.75) is 6.92 Å². The van der Waals surface area contributed by atoms with Gasteiger partial charge in [0.1, 0.15) is 5.75 Å². The minimum Gasteiger partial charge on any atom is -0.507 e. The molecule has 0 fully saturated rings. The summed E-state index contributed by atoms with van der Waals surface area (Å²) in [5.74, 6) is -0.747. The summed E-state index contributed by atoms with van der Waals surface area (Å²) >= 11 is 9.18. The fourth-order valence-electron chi connectivity index (χ4n) is 2.62. The van der Waals surface area contributed by atoms with Gasteiger partial charge in [-0.3, -0.25) is 4.79 Å². The largest absolute Gasteiger partial charge is 0.507 e. The maximum atomic E-state index is 12.4. The minimum absolute atomic E-state index is 0.000132. The van der Waals surface area contributed by atoms with Crippen molar-refractivity contribution in [2.24, 2.45) is 5.10 Å². The number of phenols is 1. The summed E-state index contributed by atoms with van der Waals surface area (Å²) < 4.78 is 11.9. The van der Waals surface area contributed by atoms with Gasteiger partial charge >= 0.3 is 5.97 Å². The van der Waals surface area contributed by atoms with Crippen molar-refractivity contribution in [3.8, 4) is 17.2 Å². The average molecular weight is 518 g/mol. The smallest absolute Gasteiger partial charge is 0.343 e. The quantitative estimate of drug-likeness (QED) is 0.195. The summed E-state index contributed by atoms with van der Waals surface area (Å²) in [7, 11) is 0. The number of hydrogen-bond donors (Lipinski definition) is 2. The topological polar surface area (TPSA) is 97.2 Å². The average Bonchev–Trinajstić information content (AvgIpc) is 2.77. The van der Waals surface area contributed by atoms with E-state index in [9.17, 15) is 14.7 Å². The van der Waals surface area contributed by atoms with Crippen LogP contribution in [-0.4, -0.2) is 29.8 Å². The molecular weight excluding hydrogens is 500 g/mol. The maximum Gasteiger partial charge on any atom is 0.343 e. The van der Waals surface area contributed by atoms with Gasteiger partial charge in [-0.25, -0.2) is 10.2 Å². The van der Waals surface area contributed by atoms with E-state index < -0.39 is 11.9 Å². The second kappa shape index (κ2) is 10.8. The lowest BCUT2D eigenvalue weighted by molar-refractivity contribution is 0.0728. The van der Waals surface area contributed by atoms with Crippen LogP contribution in [-0.2, 0) is 0 Å². The van der Waals surface area contributed by atoms with Crippen molar-refractivity contribution in [3.05, 3.63) is 86.8 Å². The molecule has 0 bridgehead atoms. The second-order valence-electron chi connectivity index (χ2n) is 6.40. The third kappa shape index (κ3) is 6.09. The molecule has 2 N–H and O–H groups in total. The summed E-state index contributed by atoms with van der Waals surface area (Å²) in [5, 5.41) is 14.0. The molecule has 0 saturated carbocycles. The maximum absolute atomic E-state index is 12.4. The van der Waals surface area contributed by atoms with E-state index in [0.717, 1.165) is 4.47 Å². The lowest BCUT2D eigenvalue weighted by Gasteiger charge is -2.11. The Bertz CT molecular complexity index is 1170. The third-order valence-electron chi connectivity index (χ3n) is 4.13. The molecule has 1 amide bonds. The van der Waals surface area contributed by atoms with Crippen LogP contribution < -0.4 is 14.9 Å². The number of nitrogens with one attached hydrogen (secondary N) is 1. The highest BCUT2D eigenvalue weighted by molar-refractivity contribution is 9.10. The van der Waals surface area contributed by atoms with E-state index in [-0.39, 0.29) is 17.1 Å². The number of rotatable bonds is 7. The summed E-state index contributed by atoms with van der Waals surface area (Å²) in [5.41, 5.74) is 3.31. The fourth-order valence-corrected chi connectivity index (χ4v) is 3.05. The normalized spacial score (nSPS) is 10.7. The number of halogens is 2. The number of amides is 1. The Hall–Kier alpha value is -3.36. The van der Waals surface area contributed by atoms with Crippen molar-refractivity contribution in [2.75, 3.05) is 6.61 Å². The number of nitrogens with zero attached hydrogens (tertiary/aromatic N) is 1. The fraction of sp³-hybridized carbons (Fsp3) is 0.0870. The molecule has 0 heterocycles. The summed E-state index contributed by atoms with van der Waals surface area (Å²) in [6.45, 7) is 2.16. The number of phenolic OH excluding ortho intramolecular Hbond substituents is 1. The number of hydrazone groups is 1. The highest BCUT2D eigenvalue weighted by Gasteiger charge is 2.14. The first-order valence-electron chi connectivity index (χ1n) is 9.44. The molecule has 0 unspecified atom stereocenters. The van der Waals surface area contributed by atoms with Gasteiger partial charge in [-0.05, 0) is 73.2 Å². The molecule has 3 aromatic rings. The van der Waals surface area contributed by atoms with Crippen LogP contribution in [0.3, 0.4) is 0 Å². The van der Waals surface area contributed by atoms with E-state index in [1.807, 2.05) is 0 Å². The van der Waals surface area contributed by atoms with Crippen molar-refractivity contribution >= 4 is 45.6 Å². The first-order chi connectivity index (χ1) is 15.4. The van der Waals surface area contributed by atoms with Gasteiger partial charge in [0.25, 0.3) is 5.91 Å². The molecule has 0 aliphatic rings. The van der Waals surface area contributed by atoms with Crippen LogP contribution in [0, 0.1) is 0 Å². The monoisotopic (exact) mass is 516 g/mol. The van der Waals surface area contributed by atoms with Crippen molar-refractivity contribution in [1.29, 1.82) is 0 Å². The number of esters is 1. The molecule has 9 heteroatoms. The molecule has 7 nitrogen and oxygen atoms in total. The molecule has 0 aliphatic carbocycles. The van der Waals surface area contributed by atoms with Gasteiger partial charge in [0.15, 0.2) is 11.5 Å². The Balaban J connectivity index is 1.72. The molecule has 3 aromatic carbocycles. The molecule has 0 atom stereocenters. The number of carbonyl (C=O) groups excluding carboxylic acids is 2. The van der Waals surface area contributed by atoms with E-state index in [0.29, 0.717) is 28.5 Å². The molecule has 0 radical (unpaired) electrons. The van der Waals surface area contributed by atoms with Gasteiger partial charge in [0.2, 0.25) is 0 Å². The summed E-state index contributed by atoms with van der Waals surface area (Å²) in [4.78, 5) is 24.6. The number of aromatic hydroxyl groups is 1. The summed E-state index contributed by atoms with van der Waals surface area (Å²) in [6.07, 6.45) is 1.39. The predicted octanol–water partition coefficient (Wildman–Crippen LogP) is 5.19. The van der Waals surface area contributed by atoms with Crippen LogP contribution >= 0.6 is 27.5 Å². The van der Waals surface area contributed by atoms with Gasteiger partial charge in [-0.2, -0.15) is 5.10 Å². The van der Waals surface area contributed by atoms with Crippen LogP contribution in [0.25, 0.3) is 0 Å². The Morgan fingerprint density at radius 2 is 1.84 bits per heavy atom. The van der Waals surface area contributed by atoms with Gasteiger partial charge in [-0.1, -0.05) is 27.5 Å². The van der Waals surface area contributed by atoms with Crippen LogP contribution in [0.2, 0.25) is 5.02 Å². The second-order valence-corrected chi connectivity index (χ2v) is 7.75. The van der Waals surface area contributed by atoms with Crippen LogP contribution in [0.4, 0.5) is 0 Å². The zero-order valence-electron chi connectivity index (χ0n) is 16.8. The summed E-state index contributed by atoms with van der Waals surface area (Å²) in [6, 6.07) is 15.8. The molecule has 0 saturated heterocycles. The third-order valence-corrected chi connectivity index (χ3v) is 4.90. The molecule has 0 aliphatic heterocycles. The molecule has 3 rings (SSSR count).